The van der Waals surface area contributed by atoms with Gasteiger partial charge in [0.1, 0.15) is 5.52 Å². The molecule has 1 aliphatic rings. The second kappa shape index (κ2) is 12.2. The lowest BCUT2D eigenvalue weighted by atomic mass is 9.80. The number of hydrogen-bond acceptors (Lipinski definition) is 4. The molecule has 0 saturated carbocycles. The Morgan fingerprint density at radius 2 is 1.60 bits per heavy atom. The highest BCUT2D eigenvalue weighted by Crippen LogP contribution is 2.37. The summed E-state index contributed by atoms with van der Waals surface area (Å²) < 4.78 is 6.21. The van der Waals surface area contributed by atoms with Crippen molar-refractivity contribution in [1.82, 2.24) is 4.98 Å². The van der Waals surface area contributed by atoms with Crippen molar-refractivity contribution in [3.8, 4) is 11.5 Å². The molecule has 0 spiro atoms. The Morgan fingerprint density at radius 3 is 2.33 bits per heavy atom. The van der Waals surface area contributed by atoms with Crippen molar-refractivity contribution in [3.63, 3.8) is 0 Å². The molecule has 0 bridgehead atoms. The van der Waals surface area contributed by atoms with Gasteiger partial charge in [0, 0.05) is 12.0 Å². The molecule has 5 aromatic rings. The highest BCUT2D eigenvalue weighted by Gasteiger charge is 2.28. The fourth-order valence-corrected chi connectivity index (χ4v) is 5.75. The van der Waals surface area contributed by atoms with Crippen LogP contribution in [0.25, 0.3) is 28.6 Å². The summed E-state index contributed by atoms with van der Waals surface area (Å²) in [6.07, 6.45) is 10.0. The van der Waals surface area contributed by atoms with Gasteiger partial charge >= 0.3 is 0 Å². The Balaban J connectivity index is 1.25. The third-order valence-corrected chi connectivity index (χ3v) is 8.34. The van der Waals surface area contributed by atoms with Gasteiger partial charge in [0.05, 0.1) is 17.4 Å². The van der Waals surface area contributed by atoms with Crippen LogP contribution in [0.1, 0.15) is 75.6 Å². The van der Waals surface area contributed by atoms with Crippen LogP contribution in [-0.4, -0.2) is 10.7 Å². The third-order valence-electron chi connectivity index (χ3n) is 8.34. The fourth-order valence-electron chi connectivity index (χ4n) is 5.75. The van der Waals surface area contributed by atoms with Crippen molar-refractivity contribution in [3.05, 3.63) is 126 Å². The van der Waals surface area contributed by atoms with Crippen LogP contribution in [-0.2, 0) is 5.41 Å². The number of rotatable bonds is 10. The van der Waals surface area contributed by atoms with Crippen LogP contribution < -0.4 is 5.01 Å². The van der Waals surface area contributed by atoms with E-state index < -0.39 is 0 Å². The molecule has 6 rings (SSSR count). The van der Waals surface area contributed by atoms with Crippen LogP contribution in [0.5, 0.6) is 0 Å². The van der Waals surface area contributed by atoms with E-state index >= 15 is 0 Å². The lowest BCUT2D eigenvalue weighted by molar-refractivity contribution is 0.450. The lowest BCUT2D eigenvalue weighted by Crippen LogP contribution is -2.18. The van der Waals surface area contributed by atoms with Crippen molar-refractivity contribution in [2.45, 2.75) is 64.3 Å². The van der Waals surface area contributed by atoms with Gasteiger partial charge < -0.3 is 4.42 Å². The van der Waals surface area contributed by atoms with E-state index in [-0.39, 0.29) is 11.5 Å². The number of benzene rings is 4. The standard InChI is InChI=1S/C38H39N3O/c1-4-5-12-25-38(2,3)31-20-24-36-34(26-31)39-37(42-36)30-18-22-33(23-19-30)41-35(29-15-10-7-11-16-29)27-32(40-41)21-17-28-13-8-6-9-14-28/h6-11,13-24,26,35H,4-5,12,25,27H2,1-3H3. The van der Waals surface area contributed by atoms with Crippen molar-refractivity contribution in [1.29, 1.82) is 0 Å². The maximum absolute atomic E-state index is 6.21. The van der Waals surface area contributed by atoms with Gasteiger partial charge in [0.25, 0.3) is 0 Å². The molecule has 0 fully saturated rings. The highest BCUT2D eigenvalue weighted by molar-refractivity contribution is 6.01. The molecule has 0 aliphatic carbocycles. The Hall–Kier alpha value is -4.44. The lowest BCUT2D eigenvalue weighted by Gasteiger charge is -2.25. The van der Waals surface area contributed by atoms with Gasteiger partial charge in [-0.25, -0.2) is 4.98 Å². The van der Waals surface area contributed by atoms with Gasteiger partial charge in [-0.1, -0.05) is 113 Å². The van der Waals surface area contributed by atoms with Crippen LogP contribution >= 0.6 is 0 Å². The number of nitrogens with zero attached hydrogens (tertiary/aromatic N) is 3. The Morgan fingerprint density at radius 1 is 0.857 bits per heavy atom. The average molecular weight is 554 g/mol. The summed E-state index contributed by atoms with van der Waals surface area (Å²) in [5.74, 6) is 0.647. The molecule has 1 aromatic heterocycles. The van der Waals surface area contributed by atoms with Crippen molar-refractivity contribution in [2.24, 2.45) is 5.10 Å². The summed E-state index contributed by atoms with van der Waals surface area (Å²) in [5, 5.41) is 7.19. The third kappa shape index (κ3) is 6.08. The zero-order chi connectivity index (χ0) is 28.9. The topological polar surface area (TPSA) is 41.6 Å². The Labute approximate surface area is 249 Å². The molecule has 42 heavy (non-hydrogen) atoms. The number of unbranched alkanes of at least 4 members (excludes halogenated alkanes) is 2. The van der Waals surface area contributed by atoms with Crippen molar-refractivity contribution >= 4 is 28.6 Å². The molecule has 4 aromatic carbocycles. The molecule has 0 amide bonds. The summed E-state index contributed by atoms with van der Waals surface area (Å²) in [5.41, 5.74) is 8.66. The SMILES string of the molecule is CCCCCC(C)(C)c1ccc2oc(-c3ccc(N4N=C(C=Cc5ccccc5)CC4c4ccccc4)cc3)nc2c1. The number of fused-ring (bicyclic) bond motifs is 1. The second-order valence-corrected chi connectivity index (χ2v) is 11.9. The molecule has 2 heterocycles. The van der Waals surface area contributed by atoms with Gasteiger partial charge in [0.2, 0.25) is 5.89 Å². The minimum absolute atomic E-state index is 0.116. The van der Waals surface area contributed by atoms with Crippen LogP contribution in [0.3, 0.4) is 0 Å². The zero-order valence-electron chi connectivity index (χ0n) is 24.8. The first-order valence-corrected chi connectivity index (χ1v) is 15.2. The first-order valence-electron chi connectivity index (χ1n) is 15.2. The van der Waals surface area contributed by atoms with E-state index in [2.05, 4.69) is 135 Å². The molecule has 1 unspecified atom stereocenters. The molecular formula is C38H39N3O. The first-order chi connectivity index (χ1) is 20.5. The van der Waals surface area contributed by atoms with E-state index in [1.165, 1.54) is 42.4 Å². The number of anilines is 1. The van der Waals surface area contributed by atoms with E-state index in [4.69, 9.17) is 14.5 Å². The highest BCUT2D eigenvalue weighted by atomic mass is 16.3. The van der Waals surface area contributed by atoms with Gasteiger partial charge in [0.15, 0.2) is 5.58 Å². The first kappa shape index (κ1) is 27.7. The summed E-state index contributed by atoms with van der Waals surface area (Å²) in [6.45, 7) is 6.91. The molecule has 4 nitrogen and oxygen atoms in total. The van der Waals surface area contributed by atoms with E-state index in [0.29, 0.717) is 5.89 Å². The predicted octanol–water partition coefficient (Wildman–Crippen LogP) is 10.4. The van der Waals surface area contributed by atoms with Gasteiger partial charge in [-0.3, -0.25) is 5.01 Å². The predicted molar refractivity (Wildman–Crippen MR) is 176 cm³/mol. The number of allylic oxidation sites excluding steroid dienone is 1. The summed E-state index contributed by atoms with van der Waals surface area (Å²) in [6, 6.07) is 36.0. The zero-order valence-corrected chi connectivity index (χ0v) is 24.8. The number of aromatic nitrogens is 1. The minimum Gasteiger partial charge on any atom is -0.436 e. The molecule has 212 valence electrons. The van der Waals surface area contributed by atoms with Crippen LogP contribution in [0, 0.1) is 0 Å². The monoisotopic (exact) mass is 553 g/mol. The van der Waals surface area contributed by atoms with Crippen LogP contribution in [0.15, 0.2) is 119 Å². The van der Waals surface area contributed by atoms with Gasteiger partial charge in [-0.15, -0.1) is 0 Å². The molecular weight excluding hydrogens is 514 g/mol. The fraction of sp³-hybridized carbons (Fsp3) is 0.263. The Bertz CT molecular complexity index is 1680. The van der Waals surface area contributed by atoms with Gasteiger partial charge in [-0.05, 0) is 71.0 Å². The van der Waals surface area contributed by atoms with E-state index in [0.717, 1.165) is 34.5 Å². The van der Waals surface area contributed by atoms with E-state index in [9.17, 15) is 0 Å². The largest absolute Gasteiger partial charge is 0.436 e. The quantitative estimate of drug-likeness (QED) is 0.162. The minimum atomic E-state index is 0.116. The molecule has 1 atom stereocenters. The van der Waals surface area contributed by atoms with Gasteiger partial charge in [-0.2, -0.15) is 5.10 Å². The van der Waals surface area contributed by atoms with E-state index in [1.54, 1.807) is 0 Å². The molecule has 0 radical (unpaired) electrons. The molecule has 0 N–H and O–H groups in total. The summed E-state index contributed by atoms with van der Waals surface area (Å²) >= 11 is 0. The number of hydrogen-bond donors (Lipinski definition) is 0. The second-order valence-electron chi connectivity index (χ2n) is 11.9. The molecule has 0 saturated heterocycles. The summed E-state index contributed by atoms with van der Waals surface area (Å²) in [7, 11) is 0. The van der Waals surface area contributed by atoms with Crippen molar-refractivity contribution < 1.29 is 4.42 Å². The number of oxazole rings is 1. The normalized spacial score (nSPS) is 15.5. The van der Waals surface area contributed by atoms with E-state index in [1.807, 2.05) is 6.07 Å². The van der Waals surface area contributed by atoms with Crippen molar-refractivity contribution in [2.75, 3.05) is 5.01 Å². The summed E-state index contributed by atoms with van der Waals surface area (Å²) in [4.78, 5) is 4.89. The molecule has 1 aliphatic heterocycles. The van der Waals surface area contributed by atoms with Crippen LogP contribution in [0.2, 0.25) is 0 Å². The maximum Gasteiger partial charge on any atom is 0.227 e. The smallest absolute Gasteiger partial charge is 0.227 e. The molecule has 4 heteroatoms. The number of hydrazone groups is 1. The maximum atomic E-state index is 6.21. The Kier molecular flexibility index (Phi) is 8.05. The van der Waals surface area contributed by atoms with Crippen LogP contribution in [0.4, 0.5) is 5.69 Å². The average Bonchev–Trinajstić information content (AvgIpc) is 3.66.